The van der Waals surface area contributed by atoms with Gasteiger partial charge in [0.1, 0.15) is 29.4 Å². The third-order valence-corrected chi connectivity index (χ3v) is 7.38. The zero-order valence-corrected chi connectivity index (χ0v) is 19.7. The number of carboxylic acid groups (broad SMARTS) is 2. The number of aromatic nitrogens is 1. The number of carbonyl (C=O) groups excluding carboxylic acids is 3. The fourth-order valence-electron chi connectivity index (χ4n) is 3.38. The van der Waals surface area contributed by atoms with Crippen LogP contribution in [0.25, 0.3) is 0 Å². The lowest BCUT2D eigenvalue weighted by atomic mass is 10.0. The lowest BCUT2D eigenvalue weighted by Crippen LogP contribution is -2.71. The molecule has 5 N–H and O–H groups in total. The van der Waals surface area contributed by atoms with Crippen molar-refractivity contribution in [3.8, 4) is 0 Å². The molecule has 186 valence electrons. The SMILES string of the molecule is CC(=O)OCC1=C(C(=O)O)N2C(=O)[C@@H](NC(=O)/C(=N\OC3(C(=O)O)CC3)c3csc(N)n3)[C@H]2SC1. The van der Waals surface area contributed by atoms with Crippen molar-refractivity contribution in [1.82, 2.24) is 15.2 Å². The van der Waals surface area contributed by atoms with E-state index in [4.69, 9.17) is 15.3 Å². The Bertz CT molecular complexity index is 1190. The number of amides is 2. The number of β-lactam (4-membered cyclic amide) rings is 1. The van der Waals surface area contributed by atoms with Gasteiger partial charge in [-0.2, -0.15) is 0 Å². The summed E-state index contributed by atoms with van der Waals surface area (Å²) in [5.41, 5.74) is 3.73. The Kier molecular flexibility index (Phi) is 6.42. The van der Waals surface area contributed by atoms with E-state index in [1.165, 1.54) is 24.1 Å². The first-order valence-electron chi connectivity index (χ1n) is 10.1. The van der Waals surface area contributed by atoms with Crippen LogP contribution in [-0.4, -0.2) is 84.9 Å². The number of thiazole rings is 1. The van der Waals surface area contributed by atoms with Crippen molar-refractivity contribution in [3.63, 3.8) is 0 Å². The smallest absolute Gasteiger partial charge is 0.352 e. The van der Waals surface area contributed by atoms with Crippen LogP contribution < -0.4 is 11.1 Å². The van der Waals surface area contributed by atoms with E-state index in [2.05, 4.69) is 15.5 Å². The number of carboxylic acids is 2. The second-order valence-corrected chi connectivity index (χ2v) is 9.79. The summed E-state index contributed by atoms with van der Waals surface area (Å²) in [6, 6.07) is -1.09. The molecule has 16 heteroatoms. The first kappa shape index (κ1) is 24.5. The molecule has 1 saturated heterocycles. The molecule has 0 spiro atoms. The topological polar surface area (TPSA) is 211 Å². The largest absolute Gasteiger partial charge is 0.478 e. The Morgan fingerprint density at radius 3 is 2.60 bits per heavy atom. The van der Waals surface area contributed by atoms with Gasteiger partial charge in [0.15, 0.2) is 10.8 Å². The van der Waals surface area contributed by atoms with Gasteiger partial charge in [-0.15, -0.1) is 23.1 Å². The van der Waals surface area contributed by atoms with E-state index in [1.54, 1.807) is 0 Å². The number of nitrogens with zero attached hydrogens (tertiary/aromatic N) is 3. The average molecular weight is 526 g/mol. The highest BCUT2D eigenvalue weighted by molar-refractivity contribution is 8.00. The molecule has 0 unspecified atom stereocenters. The van der Waals surface area contributed by atoms with Gasteiger partial charge in [0.05, 0.1) is 0 Å². The van der Waals surface area contributed by atoms with Crippen molar-refractivity contribution < 1.29 is 43.8 Å². The van der Waals surface area contributed by atoms with E-state index >= 15 is 0 Å². The minimum Gasteiger partial charge on any atom is -0.478 e. The van der Waals surface area contributed by atoms with Gasteiger partial charge < -0.3 is 30.8 Å². The van der Waals surface area contributed by atoms with Crippen LogP contribution in [0.2, 0.25) is 0 Å². The van der Waals surface area contributed by atoms with Gasteiger partial charge in [-0.05, 0) is 0 Å². The predicted octanol–water partition coefficient (Wildman–Crippen LogP) is -0.635. The predicted molar refractivity (Wildman–Crippen MR) is 120 cm³/mol. The Balaban J connectivity index is 1.53. The number of nitrogen functional groups attached to an aromatic ring is 1. The van der Waals surface area contributed by atoms with Gasteiger partial charge in [0, 0.05) is 36.5 Å². The number of anilines is 1. The van der Waals surface area contributed by atoms with Crippen molar-refractivity contribution in [1.29, 1.82) is 0 Å². The molecule has 2 atom stereocenters. The van der Waals surface area contributed by atoms with Crippen LogP contribution in [0, 0.1) is 0 Å². The highest BCUT2D eigenvalue weighted by Crippen LogP contribution is 2.41. The molecule has 35 heavy (non-hydrogen) atoms. The number of thioether (sulfide) groups is 1. The molecule has 1 aromatic heterocycles. The first-order chi connectivity index (χ1) is 16.5. The molecular weight excluding hydrogens is 506 g/mol. The van der Waals surface area contributed by atoms with E-state index < -0.39 is 46.7 Å². The minimum absolute atomic E-state index is 0.0286. The standard InChI is InChI=1S/C19H19N5O9S2/c1-7(25)32-4-8-5-34-15-11(14(27)24(15)12(8)16(28)29)22-13(26)10(9-6-35-18(20)21-9)23-33-19(2-3-19)17(30)31/h6,11,15H,2-5H2,1H3,(H2,20,21)(H,22,26)(H,28,29)(H,30,31)/b23-10-/t11-,15-/m1/s1. The fraction of sp³-hybridized carbons (Fsp3) is 0.421. The highest BCUT2D eigenvalue weighted by atomic mass is 32.2. The number of rotatable bonds is 9. The summed E-state index contributed by atoms with van der Waals surface area (Å²) >= 11 is 2.21. The zero-order chi connectivity index (χ0) is 25.5. The van der Waals surface area contributed by atoms with Gasteiger partial charge in [-0.1, -0.05) is 5.16 Å². The Morgan fingerprint density at radius 1 is 1.34 bits per heavy atom. The van der Waals surface area contributed by atoms with Crippen molar-refractivity contribution in [2.75, 3.05) is 18.1 Å². The van der Waals surface area contributed by atoms with Gasteiger partial charge in [-0.3, -0.25) is 19.3 Å². The molecule has 2 fully saturated rings. The maximum atomic E-state index is 13.0. The number of aliphatic carboxylic acids is 2. The minimum atomic E-state index is -1.52. The number of carbonyl (C=O) groups is 5. The Morgan fingerprint density at radius 2 is 2.06 bits per heavy atom. The molecule has 3 heterocycles. The molecule has 2 amide bonds. The van der Waals surface area contributed by atoms with Gasteiger partial charge in [0.2, 0.25) is 5.60 Å². The van der Waals surface area contributed by atoms with E-state index in [1.807, 2.05) is 0 Å². The lowest BCUT2D eigenvalue weighted by Gasteiger charge is -2.49. The number of nitrogens with one attached hydrogen (secondary N) is 1. The number of nitrogens with two attached hydrogens (primary N) is 1. The van der Waals surface area contributed by atoms with Crippen LogP contribution in [-0.2, 0) is 33.5 Å². The number of esters is 1. The lowest BCUT2D eigenvalue weighted by molar-refractivity contribution is -0.153. The van der Waals surface area contributed by atoms with Crippen LogP contribution in [0.3, 0.4) is 0 Å². The second kappa shape index (κ2) is 9.18. The Hall–Kier alpha value is -3.66. The summed E-state index contributed by atoms with van der Waals surface area (Å²) in [5, 5.41) is 26.0. The van der Waals surface area contributed by atoms with E-state index in [0.29, 0.717) is 0 Å². The third-order valence-electron chi connectivity index (χ3n) is 5.37. The van der Waals surface area contributed by atoms with Gasteiger partial charge >= 0.3 is 17.9 Å². The number of fused-ring (bicyclic) bond motifs is 1. The van der Waals surface area contributed by atoms with E-state index in [-0.39, 0.29) is 53.0 Å². The summed E-state index contributed by atoms with van der Waals surface area (Å²) in [4.78, 5) is 70.3. The molecule has 4 rings (SSSR count). The maximum absolute atomic E-state index is 13.0. The monoisotopic (exact) mass is 525 g/mol. The average Bonchev–Trinajstić information content (AvgIpc) is 3.48. The molecule has 1 aromatic rings. The van der Waals surface area contributed by atoms with Crippen LogP contribution >= 0.6 is 23.1 Å². The van der Waals surface area contributed by atoms with Gasteiger partial charge in [-0.25, -0.2) is 14.6 Å². The highest BCUT2D eigenvalue weighted by Gasteiger charge is 2.56. The van der Waals surface area contributed by atoms with E-state index in [9.17, 15) is 34.2 Å². The normalized spacial score (nSPS) is 22.6. The summed E-state index contributed by atoms with van der Waals surface area (Å²) in [7, 11) is 0. The molecule has 0 radical (unpaired) electrons. The van der Waals surface area contributed by atoms with Crippen LogP contribution in [0.15, 0.2) is 21.8 Å². The van der Waals surface area contributed by atoms with Gasteiger partial charge in [0.25, 0.3) is 11.8 Å². The molecular formula is C19H19N5O9S2. The molecule has 1 aliphatic carbocycles. The summed E-state index contributed by atoms with van der Waals surface area (Å²) in [5.74, 6) is -4.59. The third kappa shape index (κ3) is 4.66. The number of ether oxygens (including phenoxy) is 1. The second-order valence-electron chi connectivity index (χ2n) is 7.80. The molecule has 1 saturated carbocycles. The number of hydrogen-bond acceptors (Lipinski definition) is 12. The number of hydrogen-bond donors (Lipinski definition) is 4. The maximum Gasteiger partial charge on any atom is 0.352 e. The van der Waals surface area contributed by atoms with Crippen molar-refractivity contribution in [2.24, 2.45) is 5.16 Å². The molecule has 3 aliphatic rings. The Labute approximate surface area is 205 Å². The summed E-state index contributed by atoms with van der Waals surface area (Å²) < 4.78 is 4.89. The van der Waals surface area contributed by atoms with Crippen LogP contribution in [0.1, 0.15) is 25.5 Å². The quantitative estimate of drug-likeness (QED) is 0.137. The van der Waals surface area contributed by atoms with Crippen molar-refractivity contribution in [2.45, 2.75) is 36.8 Å². The van der Waals surface area contributed by atoms with E-state index in [0.717, 1.165) is 16.2 Å². The number of oxime groups is 1. The molecule has 0 aromatic carbocycles. The molecule has 2 aliphatic heterocycles. The molecule has 14 nitrogen and oxygen atoms in total. The zero-order valence-electron chi connectivity index (χ0n) is 18.0. The summed E-state index contributed by atoms with van der Waals surface area (Å²) in [6.07, 6.45) is 0.434. The van der Waals surface area contributed by atoms with Crippen LogP contribution in [0.4, 0.5) is 5.13 Å². The fourth-order valence-corrected chi connectivity index (χ4v) is 5.26. The summed E-state index contributed by atoms with van der Waals surface area (Å²) in [6.45, 7) is 0.905. The molecule has 0 bridgehead atoms. The first-order valence-corrected chi connectivity index (χ1v) is 12.0. The van der Waals surface area contributed by atoms with Crippen molar-refractivity contribution >= 4 is 63.7 Å². The van der Waals surface area contributed by atoms with Crippen molar-refractivity contribution in [3.05, 3.63) is 22.3 Å². The van der Waals surface area contributed by atoms with Crippen LogP contribution in [0.5, 0.6) is 0 Å².